The Bertz CT molecular complexity index is 598. The summed E-state index contributed by atoms with van der Waals surface area (Å²) < 4.78 is 13.0. The Balaban J connectivity index is 1.96. The van der Waals surface area contributed by atoms with E-state index >= 15 is 0 Å². The van der Waals surface area contributed by atoms with Crippen LogP contribution in [-0.2, 0) is 4.79 Å². The van der Waals surface area contributed by atoms with Gasteiger partial charge in [-0.3, -0.25) is 4.79 Å². The van der Waals surface area contributed by atoms with Crippen molar-refractivity contribution in [1.29, 1.82) is 0 Å². The molecule has 0 aliphatic heterocycles. The fourth-order valence-corrected chi connectivity index (χ4v) is 2.55. The van der Waals surface area contributed by atoms with E-state index in [-0.39, 0.29) is 17.0 Å². The standard InChI is InChI=1S/C16H16FNOS/c1-11-6-8-15(9-7-11)20-12(2)16(19)18-14-5-3-4-13(17)10-14/h3-10,12H,1-2H3,(H,18,19)/t12-/m0/s1. The molecule has 2 aromatic rings. The van der Waals surface area contributed by atoms with Crippen molar-refractivity contribution in [3.63, 3.8) is 0 Å². The quantitative estimate of drug-likeness (QED) is 0.852. The van der Waals surface area contributed by atoms with Crippen molar-refractivity contribution < 1.29 is 9.18 Å². The van der Waals surface area contributed by atoms with E-state index in [4.69, 9.17) is 0 Å². The van der Waals surface area contributed by atoms with Crippen LogP contribution >= 0.6 is 11.8 Å². The lowest BCUT2D eigenvalue weighted by molar-refractivity contribution is -0.115. The fourth-order valence-electron chi connectivity index (χ4n) is 1.68. The smallest absolute Gasteiger partial charge is 0.237 e. The van der Waals surface area contributed by atoms with Crippen molar-refractivity contribution in [1.82, 2.24) is 0 Å². The van der Waals surface area contributed by atoms with Gasteiger partial charge in [0.25, 0.3) is 0 Å². The molecule has 0 unspecified atom stereocenters. The number of amides is 1. The highest BCUT2D eigenvalue weighted by molar-refractivity contribution is 8.00. The van der Waals surface area contributed by atoms with Crippen LogP contribution in [0.25, 0.3) is 0 Å². The lowest BCUT2D eigenvalue weighted by atomic mass is 10.2. The Kier molecular flexibility index (Phi) is 4.79. The summed E-state index contributed by atoms with van der Waals surface area (Å²) in [5.74, 6) is -0.497. The minimum atomic E-state index is -0.360. The SMILES string of the molecule is Cc1ccc(S[C@@H](C)C(=O)Nc2cccc(F)c2)cc1. The predicted molar refractivity (Wildman–Crippen MR) is 81.5 cm³/mol. The molecule has 1 N–H and O–H groups in total. The molecule has 2 rings (SSSR count). The van der Waals surface area contributed by atoms with Crippen LogP contribution in [0.5, 0.6) is 0 Å². The van der Waals surface area contributed by atoms with Gasteiger partial charge >= 0.3 is 0 Å². The molecule has 0 heterocycles. The number of aryl methyl sites for hydroxylation is 1. The second-order valence-electron chi connectivity index (χ2n) is 4.57. The van der Waals surface area contributed by atoms with Crippen LogP contribution in [-0.4, -0.2) is 11.2 Å². The van der Waals surface area contributed by atoms with Crippen LogP contribution < -0.4 is 5.32 Å². The van der Waals surface area contributed by atoms with Crippen LogP contribution in [0.1, 0.15) is 12.5 Å². The second kappa shape index (κ2) is 6.57. The third-order valence-electron chi connectivity index (χ3n) is 2.80. The maximum atomic E-state index is 13.0. The third-order valence-corrected chi connectivity index (χ3v) is 3.91. The molecule has 1 amide bonds. The van der Waals surface area contributed by atoms with Gasteiger partial charge in [-0.15, -0.1) is 11.8 Å². The Morgan fingerprint density at radius 2 is 1.90 bits per heavy atom. The number of benzene rings is 2. The van der Waals surface area contributed by atoms with Crippen molar-refractivity contribution in [2.75, 3.05) is 5.32 Å². The van der Waals surface area contributed by atoms with Crippen LogP contribution in [0.3, 0.4) is 0 Å². The summed E-state index contributed by atoms with van der Waals surface area (Å²) in [7, 11) is 0. The largest absolute Gasteiger partial charge is 0.325 e. The van der Waals surface area contributed by atoms with Gasteiger partial charge in [-0.25, -0.2) is 4.39 Å². The summed E-state index contributed by atoms with van der Waals surface area (Å²) >= 11 is 1.48. The maximum Gasteiger partial charge on any atom is 0.237 e. The monoisotopic (exact) mass is 289 g/mol. The van der Waals surface area contributed by atoms with E-state index in [2.05, 4.69) is 5.32 Å². The van der Waals surface area contributed by atoms with Crippen LogP contribution in [0.2, 0.25) is 0 Å². The highest BCUT2D eigenvalue weighted by Crippen LogP contribution is 2.24. The van der Waals surface area contributed by atoms with Crippen LogP contribution in [0.15, 0.2) is 53.4 Å². The van der Waals surface area contributed by atoms with Crippen LogP contribution in [0, 0.1) is 12.7 Å². The zero-order valence-electron chi connectivity index (χ0n) is 11.4. The first-order valence-electron chi connectivity index (χ1n) is 6.34. The molecular weight excluding hydrogens is 273 g/mol. The normalized spacial score (nSPS) is 11.9. The van der Waals surface area contributed by atoms with Gasteiger partial charge in [-0.2, -0.15) is 0 Å². The van der Waals surface area contributed by atoms with E-state index < -0.39 is 0 Å². The molecule has 0 radical (unpaired) electrons. The minimum Gasteiger partial charge on any atom is -0.325 e. The van der Waals surface area contributed by atoms with Gasteiger partial charge in [0.2, 0.25) is 5.91 Å². The van der Waals surface area contributed by atoms with Gasteiger partial charge in [0.1, 0.15) is 5.82 Å². The Morgan fingerprint density at radius 1 is 1.20 bits per heavy atom. The first-order valence-corrected chi connectivity index (χ1v) is 7.22. The minimum absolute atomic E-state index is 0.138. The highest BCUT2D eigenvalue weighted by atomic mass is 32.2. The van der Waals surface area contributed by atoms with Crippen molar-refractivity contribution in [3.05, 3.63) is 59.9 Å². The number of anilines is 1. The van der Waals surface area contributed by atoms with Crippen molar-refractivity contribution >= 4 is 23.4 Å². The van der Waals surface area contributed by atoms with Crippen molar-refractivity contribution in [2.24, 2.45) is 0 Å². The molecule has 0 aromatic heterocycles. The molecular formula is C16H16FNOS. The number of rotatable bonds is 4. The van der Waals surface area contributed by atoms with Gasteiger partial charge < -0.3 is 5.32 Å². The number of carbonyl (C=O) groups excluding carboxylic acids is 1. The topological polar surface area (TPSA) is 29.1 Å². The van der Waals surface area contributed by atoms with Gasteiger partial charge in [-0.1, -0.05) is 23.8 Å². The average Bonchev–Trinajstić information content (AvgIpc) is 2.41. The van der Waals surface area contributed by atoms with Crippen molar-refractivity contribution in [2.45, 2.75) is 24.0 Å². The fraction of sp³-hybridized carbons (Fsp3) is 0.188. The number of thioether (sulfide) groups is 1. The number of nitrogens with one attached hydrogen (secondary N) is 1. The third kappa shape index (κ3) is 4.10. The summed E-state index contributed by atoms with van der Waals surface area (Å²) in [4.78, 5) is 13.1. The average molecular weight is 289 g/mol. The lowest BCUT2D eigenvalue weighted by Crippen LogP contribution is -2.22. The molecule has 0 aliphatic rings. The van der Waals surface area contributed by atoms with E-state index in [1.54, 1.807) is 12.1 Å². The zero-order valence-corrected chi connectivity index (χ0v) is 12.2. The Morgan fingerprint density at radius 3 is 2.55 bits per heavy atom. The molecule has 2 aromatic carbocycles. The molecule has 0 fully saturated rings. The van der Waals surface area contributed by atoms with E-state index in [0.717, 1.165) is 4.90 Å². The van der Waals surface area contributed by atoms with E-state index in [1.807, 2.05) is 38.1 Å². The molecule has 0 bridgehead atoms. The number of carbonyl (C=O) groups is 1. The van der Waals surface area contributed by atoms with E-state index in [0.29, 0.717) is 5.69 Å². The van der Waals surface area contributed by atoms with Crippen LogP contribution in [0.4, 0.5) is 10.1 Å². The Hall–Kier alpha value is -1.81. The molecule has 0 spiro atoms. The summed E-state index contributed by atoms with van der Waals surface area (Å²) in [6.07, 6.45) is 0. The predicted octanol–water partition coefficient (Wildman–Crippen LogP) is 4.25. The molecule has 20 heavy (non-hydrogen) atoms. The number of hydrogen-bond acceptors (Lipinski definition) is 2. The van der Waals surface area contributed by atoms with E-state index in [9.17, 15) is 9.18 Å². The molecule has 0 saturated heterocycles. The highest BCUT2D eigenvalue weighted by Gasteiger charge is 2.14. The van der Waals surface area contributed by atoms with E-state index in [1.165, 1.54) is 29.5 Å². The summed E-state index contributed by atoms with van der Waals surface area (Å²) in [5.41, 5.74) is 1.66. The number of hydrogen-bond donors (Lipinski definition) is 1. The molecule has 0 saturated carbocycles. The first-order chi connectivity index (χ1) is 9.54. The molecule has 2 nitrogen and oxygen atoms in total. The zero-order chi connectivity index (χ0) is 14.5. The number of halogens is 1. The Labute approximate surface area is 122 Å². The molecule has 4 heteroatoms. The van der Waals surface area contributed by atoms with Gasteiger partial charge in [-0.05, 0) is 44.2 Å². The molecule has 0 aliphatic carbocycles. The van der Waals surface area contributed by atoms with Gasteiger partial charge in [0.05, 0.1) is 5.25 Å². The first kappa shape index (κ1) is 14.6. The summed E-state index contributed by atoms with van der Waals surface area (Å²) in [6.45, 7) is 3.85. The van der Waals surface area contributed by atoms with Crippen molar-refractivity contribution in [3.8, 4) is 0 Å². The van der Waals surface area contributed by atoms with Gasteiger partial charge in [0, 0.05) is 10.6 Å². The summed E-state index contributed by atoms with van der Waals surface area (Å²) in [5, 5.41) is 2.47. The maximum absolute atomic E-state index is 13.0. The molecule has 104 valence electrons. The lowest BCUT2D eigenvalue weighted by Gasteiger charge is -2.12. The molecule has 1 atom stereocenters. The second-order valence-corrected chi connectivity index (χ2v) is 5.99. The summed E-state index contributed by atoms with van der Waals surface area (Å²) in [6, 6.07) is 13.9. The van der Waals surface area contributed by atoms with Gasteiger partial charge in [0.15, 0.2) is 0 Å².